The second-order valence-electron chi connectivity index (χ2n) is 4.34. The number of nitriles is 1. The minimum atomic E-state index is 0.0505. The Morgan fingerprint density at radius 2 is 2.33 bits per heavy atom. The molecule has 0 aliphatic heterocycles. The molecule has 0 spiro atoms. The molecule has 2 atom stereocenters. The first kappa shape index (κ1) is 9.54. The lowest BCUT2D eigenvalue weighted by atomic mass is 9.67. The molecule has 0 aromatic heterocycles. The summed E-state index contributed by atoms with van der Waals surface area (Å²) in [4.78, 5) is 0. The van der Waals surface area contributed by atoms with Gasteiger partial charge >= 0.3 is 0 Å². The van der Waals surface area contributed by atoms with Crippen molar-refractivity contribution in [2.45, 2.75) is 52.1 Å². The van der Waals surface area contributed by atoms with Crippen LogP contribution in [0.15, 0.2) is 0 Å². The molecule has 12 heavy (non-hydrogen) atoms. The highest BCUT2D eigenvalue weighted by Crippen LogP contribution is 2.40. The summed E-state index contributed by atoms with van der Waals surface area (Å²) in [6.45, 7) is 6.57. The lowest BCUT2D eigenvalue weighted by Gasteiger charge is -2.45. The quantitative estimate of drug-likeness (QED) is 0.696. The third-order valence-corrected chi connectivity index (χ3v) is 2.99. The van der Waals surface area contributed by atoms with Crippen LogP contribution in [0.5, 0.6) is 0 Å². The van der Waals surface area contributed by atoms with E-state index in [1.54, 1.807) is 0 Å². The number of nitrogens with zero attached hydrogens (tertiary/aromatic N) is 1. The Morgan fingerprint density at radius 1 is 1.67 bits per heavy atom. The van der Waals surface area contributed by atoms with Gasteiger partial charge in [0, 0.05) is 6.04 Å². The Labute approximate surface area is 75.0 Å². The molecule has 2 nitrogen and oxygen atoms in total. The minimum Gasteiger partial charge on any atom is -0.299 e. The number of rotatable bonds is 3. The molecular formula is C10H18N2. The first-order chi connectivity index (χ1) is 5.60. The van der Waals surface area contributed by atoms with E-state index < -0.39 is 0 Å². The number of hydrogen-bond acceptors (Lipinski definition) is 2. The van der Waals surface area contributed by atoms with E-state index in [4.69, 9.17) is 5.26 Å². The van der Waals surface area contributed by atoms with Gasteiger partial charge in [-0.05, 0) is 24.7 Å². The molecule has 2 unspecified atom stereocenters. The number of hydrogen-bond donors (Lipinski definition) is 1. The van der Waals surface area contributed by atoms with Crippen molar-refractivity contribution in [2.24, 2.45) is 5.41 Å². The molecule has 68 valence electrons. The second kappa shape index (κ2) is 3.45. The zero-order valence-electron chi connectivity index (χ0n) is 8.22. The van der Waals surface area contributed by atoms with Gasteiger partial charge in [-0.2, -0.15) is 5.26 Å². The molecule has 0 saturated heterocycles. The Hall–Kier alpha value is -0.550. The van der Waals surface area contributed by atoms with E-state index in [0.29, 0.717) is 11.5 Å². The normalized spacial score (nSPS) is 28.7. The zero-order valence-corrected chi connectivity index (χ0v) is 8.22. The van der Waals surface area contributed by atoms with Gasteiger partial charge in [0.15, 0.2) is 0 Å². The first-order valence-electron chi connectivity index (χ1n) is 4.76. The van der Waals surface area contributed by atoms with E-state index in [9.17, 15) is 0 Å². The standard InChI is InChI=1S/C10H18N2/c1-4-8(7-11)12-9-5-6-10(9,2)3/h8-9,12H,4-6H2,1-3H3. The van der Waals surface area contributed by atoms with E-state index >= 15 is 0 Å². The van der Waals surface area contributed by atoms with Crippen LogP contribution in [0.3, 0.4) is 0 Å². The molecular weight excluding hydrogens is 148 g/mol. The summed E-state index contributed by atoms with van der Waals surface area (Å²) in [6, 6.07) is 2.89. The van der Waals surface area contributed by atoms with Crippen molar-refractivity contribution in [1.82, 2.24) is 5.32 Å². The summed E-state index contributed by atoms with van der Waals surface area (Å²) in [7, 11) is 0. The van der Waals surface area contributed by atoms with Crippen LogP contribution in [0.4, 0.5) is 0 Å². The Bertz CT molecular complexity index is 191. The molecule has 1 aliphatic carbocycles. The fraction of sp³-hybridized carbons (Fsp3) is 0.900. The fourth-order valence-electron chi connectivity index (χ4n) is 1.66. The highest BCUT2D eigenvalue weighted by Gasteiger charge is 2.38. The van der Waals surface area contributed by atoms with Crippen molar-refractivity contribution in [3.63, 3.8) is 0 Å². The van der Waals surface area contributed by atoms with Crippen molar-refractivity contribution in [2.75, 3.05) is 0 Å². The first-order valence-corrected chi connectivity index (χ1v) is 4.76. The lowest BCUT2D eigenvalue weighted by molar-refractivity contribution is 0.103. The maximum Gasteiger partial charge on any atom is 0.0952 e. The average molecular weight is 166 g/mol. The van der Waals surface area contributed by atoms with E-state index in [1.807, 2.05) is 6.92 Å². The molecule has 1 saturated carbocycles. The monoisotopic (exact) mass is 166 g/mol. The summed E-state index contributed by atoms with van der Waals surface area (Å²) in [5, 5.41) is 12.1. The predicted molar refractivity (Wildman–Crippen MR) is 49.6 cm³/mol. The van der Waals surface area contributed by atoms with Gasteiger partial charge in [-0.1, -0.05) is 20.8 Å². The summed E-state index contributed by atoms with van der Waals surface area (Å²) in [5.41, 5.74) is 0.407. The summed E-state index contributed by atoms with van der Waals surface area (Å²) in [5.74, 6) is 0. The Kier molecular flexibility index (Phi) is 2.74. The topological polar surface area (TPSA) is 35.8 Å². The van der Waals surface area contributed by atoms with Gasteiger partial charge in [0.25, 0.3) is 0 Å². The lowest BCUT2D eigenvalue weighted by Crippen LogP contribution is -2.53. The van der Waals surface area contributed by atoms with Crippen molar-refractivity contribution < 1.29 is 0 Å². The molecule has 1 fully saturated rings. The van der Waals surface area contributed by atoms with Crippen LogP contribution in [0.1, 0.15) is 40.0 Å². The highest BCUT2D eigenvalue weighted by molar-refractivity contribution is 4.99. The predicted octanol–water partition coefficient (Wildman–Crippen LogP) is 2.07. The largest absolute Gasteiger partial charge is 0.299 e. The van der Waals surface area contributed by atoms with Crippen molar-refractivity contribution in [1.29, 1.82) is 5.26 Å². The Morgan fingerprint density at radius 3 is 2.58 bits per heavy atom. The fourth-order valence-corrected chi connectivity index (χ4v) is 1.66. The Balaban J connectivity index is 2.37. The molecule has 0 heterocycles. The molecule has 0 radical (unpaired) electrons. The zero-order chi connectivity index (χ0) is 9.19. The smallest absolute Gasteiger partial charge is 0.0952 e. The van der Waals surface area contributed by atoms with Crippen LogP contribution >= 0.6 is 0 Å². The van der Waals surface area contributed by atoms with Crippen LogP contribution in [0, 0.1) is 16.7 Å². The van der Waals surface area contributed by atoms with Gasteiger partial charge in [-0.25, -0.2) is 0 Å². The molecule has 2 heteroatoms. The van der Waals surface area contributed by atoms with Crippen molar-refractivity contribution in [3.05, 3.63) is 0 Å². The van der Waals surface area contributed by atoms with Gasteiger partial charge in [-0.15, -0.1) is 0 Å². The highest BCUT2D eigenvalue weighted by atomic mass is 15.0. The summed E-state index contributed by atoms with van der Waals surface area (Å²) < 4.78 is 0. The van der Waals surface area contributed by atoms with E-state index in [0.717, 1.165) is 6.42 Å². The summed E-state index contributed by atoms with van der Waals surface area (Å²) >= 11 is 0. The summed E-state index contributed by atoms with van der Waals surface area (Å²) in [6.07, 6.45) is 3.42. The number of nitrogens with one attached hydrogen (secondary N) is 1. The van der Waals surface area contributed by atoms with Gasteiger partial charge < -0.3 is 0 Å². The van der Waals surface area contributed by atoms with Gasteiger partial charge in [0.1, 0.15) is 0 Å². The third-order valence-electron chi connectivity index (χ3n) is 2.99. The maximum atomic E-state index is 8.75. The van der Waals surface area contributed by atoms with Crippen LogP contribution < -0.4 is 5.32 Å². The molecule has 0 aromatic rings. The van der Waals surface area contributed by atoms with Gasteiger partial charge in [-0.3, -0.25) is 5.32 Å². The minimum absolute atomic E-state index is 0.0505. The molecule has 1 N–H and O–H groups in total. The van der Waals surface area contributed by atoms with Crippen LogP contribution in [-0.4, -0.2) is 12.1 Å². The van der Waals surface area contributed by atoms with E-state index in [-0.39, 0.29) is 6.04 Å². The average Bonchev–Trinajstić information content (AvgIpc) is 2.05. The van der Waals surface area contributed by atoms with Crippen LogP contribution in [0.25, 0.3) is 0 Å². The maximum absolute atomic E-state index is 8.75. The SMILES string of the molecule is CCC(C#N)NC1CCC1(C)C. The van der Waals surface area contributed by atoms with E-state index in [1.165, 1.54) is 12.8 Å². The molecule has 0 amide bonds. The van der Waals surface area contributed by atoms with Crippen molar-refractivity contribution >= 4 is 0 Å². The second-order valence-corrected chi connectivity index (χ2v) is 4.34. The van der Waals surface area contributed by atoms with Crippen LogP contribution in [0.2, 0.25) is 0 Å². The van der Waals surface area contributed by atoms with E-state index in [2.05, 4.69) is 25.2 Å². The van der Waals surface area contributed by atoms with Crippen LogP contribution in [-0.2, 0) is 0 Å². The van der Waals surface area contributed by atoms with Gasteiger partial charge in [0.05, 0.1) is 12.1 Å². The van der Waals surface area contributed by atoms with Crippen molar-refractivity contribution in [3.8, 4) is 6.07 Å². The van der Waals surface area contributed by atoms with Gasteiger partial charge in [0.2, 0.25) is 0 Å². The molecule has 0 bridgehead atoms. The molecule has 1 aliphatic rings. The molecule has 1 rings (SSSR count). The third kappa shape index (κ3) is 1.78. The molecule has 0 aromatic carbocycles.